The van der Waals surface area contributed by atoms with Crippen LogP contribution < -0.4 is 16.0 Å². The SMILES string of the molecule is Nc1ccccc1NC(=O)c1ccc(N2CC3CCC2CN3C(=O)OCc2cccnc2)nc1.O=C(O)C(F)(F)F. The Balaban J connectivity index is 0.000000493. The first-order valence-electron chi connectivity index (χ1n) is 12.5. The molecule has 0 radical (unpaired) electrons. The molecular formula is C27H27F3N6O5. The maximum Gasteiger partial charge on any atom is 0.490 e. The molecule has 41 heavy (non-hydrogen) atoms. The fourth-order valence-corrected chi connectivity index (χ4v) is 4.54. The smallest absolute Gasteiger partial charge is 0.475 e. The van der Waals surface area contributed by atoms with Crippen LogP contribution in [0, 0.1) is 0 Å². The molecule has 6 rings (SSSR count). The van der Waals surface area contributed by atoms with E-state index in [0.29, 0.717) is 30.0 Å². The number of amides is 2. The van der Waals surface area contributed by atoms with E-state index in [4.69, 9.17) is 20.4 Å². The first-order chi connectivity index (χ1) is 19.5. The number of carboxylic acids is 1. The van der Waals surface area contributed by atoms with E-state index in [1.165, 1.54) is 0 Å². The van der Waals surface area contributed by atoms with Crippen molar-refractivity contribution in [2.45, 2.75) is 37.7 Å². The van der Waals surface area contributed by atoms with E-state index in [1.54, 1.807) is 36.8 Å². The summed E-state index contributed by atoms with van der Waals surface area (Å²) in [4.78, 5) is 46.8. The van der Waals surface area contributed by atoms with Crippen molar-refractivity contribution in [2.75, 3.05) is 29.0 Å². The van der Waals surface area contributed by atoms with Gasteiger partial charge in [-0.05, 0) is 43.2 Å². The number of nitrogen functional groups attached to an aromatic ring is 1. The van der Waals surface area contributed by atoms with Crippen LogP contribution in [-0.4, -0.2) is 69.3 Å². The number of aliphatic carboxylic acids is 1. The van der Waals surface area contributed by atoms with E-state index in [2.05, 4.69) is 20.2 Å². The number of nitrogens with zero attached hydrogens (tertiary/aromatic N) is 4. The number of carbonyl (C=O) groups excluding carboxylic acids is 2. The number of hydrogen-bond acceptors (Lipinski definition) is 8. The molecule has 14 heteroatoms. The Hall–Kier alpha value is -4.88. The summed E-state index contributed by atoms with van der Waals surface area (Å²) in [5.41, 5.74) is 8.30. The Morgan fingerprint density at radius 1 is 1.02 bits per heavy atom. The lowest BCUT2D eigenvalue weighted by Gasteiger charge is -2.51. The number of halogens is 3. The topological polar surface area (TPSA) is 151 Å². The van der Waals surface area contributed by atoms with Gasteiger partial charge in [0.1, 0.15) is 12.4 Å². The van der Waals surface area contributed by atoms with Gasteiger partial charge in [-0.25, -0.2) is 14.6 Å². The van der Waals surface area contributed by atoms with Crippen molar-refractivity contribution < 1.29 is 37.4 Å². The van der Waals surface area contributed by atoms with Crippen molar-refractivity contribution in [1.82, 2.24) is 14.9 Å². The minimum absolute atomic E-state index is 0.0669. The summed E-state index contributed by atoms with van der Waals surface area (Å²) in [6, 6.07) is 14.7. The van der Waals surface area contributed by atoms with Crippen molar-refractivity contribution in [2.24, 2.45) is 0 Å². The van der Waals surface area contributed by atoms with Crippen molar-refractivity contribution in [1.29, 1.82) is 0 Å². The summed E-state index contributed by atoms with van der Waals surface area (Å²) >= 11 is 0. The van der Waals surface area contributed by atoms with Crippen LogP contribution in [-0.2, 0) is 16.1 Å². The van der Waals surface area contributed by atoms with E-state index < -0.39 is 12.1 Å². The van der Waals surface area contributed by atoms with Gasteiger partial charge in [0, 0.05) is 43.3 Å². The molecule has 2 bridgehead atoms. The van der Waals surface area contributed by atoms with Gasteiger partial charge in [-0.1, -0.05) is 18.2 Å². The van der Waals surface area contributed by atoms with Gasteiger partial charge in [0.2, 0.25) is 0 Å². The molecule has 3 aromatic rings. The van der Waals surface area contributed by atoms with Gasteiger partial charge in [-0.15, -0.1) is 0 Å². The fraction of sp³-hybridized carbons (Fsp3) is 0.296. The van der Waals surface area contributed by atoms with Gasteiger partial charge >= 0.3 is 18.2 Å². The summed E-state index contributed by atoms with van der Waals surface area (Å²) < 4.78 is 37.3. The Kier molecular flexibility index (Phi) is 8.90. The van der Waals surface area contributed by atoms with Gasteiger partial charge < -0.3 is 30.7 Å². The number of anilines is 3. The molecule has 11 nitrogen and oxygen atoms in total. The fourth-order valence-electron chi connectivity index (χ4n) is 4.54. The third kappa shape index (κ3) is 7.41. The second-order valence-electron chi connectivity index (χ2n) is 9.35. The number of rotatable bonds is 5. The van der Waals surface area contributed by atoms with Crippen LogP contribution in [0.2, 0.25) is 0 Å². The molecule has 3 fully saturated rings. The lowest BCUT2D eigenvalue weighted by atomic mass is 9.91. The highest BCUT2D eigenvalue weighted by Gasteiger charge is 2.42. The highest BCUT2D eigenvalue weighted by atomic mass is 19.4. The monoisotopic (exact) mass is 572 g/mol. The van der Waals surface area contributed by atoms with Crippen LogP contribution in [0.15, 0.2) is 67.1 Å². The number of alkyl halides is 3. The van der Waals surface area contributed by atoms with Gasteiger partial charge in [0.15, 0.2) is 0 Å². The van der Waals surface area contributed by atoms with Gasteiger partial charge in [0.05, 0.1) is 23.0 Å². The molecule has 2 unspecified atom stereocenters. The molecule has 2 atom stereocenters. The van der Waals surface area contributed by atoms with E-state index in [0.717, 1.165) is 24.2 Å². The lowest BCUT2D eigenvalue weighted by molar-refractivity contribution is -0.192. The third-order valence-corrected chi connectivity index (χ3v) is 6.60. The normalized spacial score (nSPS) is 17.7. The first-order valence-corrected chi connectivity index (χ1v) is 12.5. The van der Waals surface area contributed by atoms with Crippen molar-refractivity contribution in [3.05, 3.63) is 78.2 Å². The number of piperidine rings is 2. The number of nitrogens with one attached hydrogen (secondary N) is 1. The second kappa shape index (κ2) is 12.5. The van der Waals surface area contributed by atoms with Gasteiger partial charge in [-0.2, -0.15) is 13.2 Å². The van der Waals surface area contributed by atoms with Crippen molar-refractivity contribution in [3.8, 4) is 0 Å². The molecule has 216 valence electrons. The number of para-hydroxylation sites is 2. The number of fused-ring (bicyclic) bond motifs is 3. The Morgan fingerprint density at radius 2 is 1.76 bits per heavy atom. The van der Waals surface area contributed by atoms with Crippen LogP contribution in [0.5, 0.6) is 0 Å². The molecule has 2 amide bonds. The Labute approximate surface area is 232 Å². The number of nitrogens with two attached hydrogens (primary N) is 1. The quantitative estimate of drug-likeness (QED) is 0.386. The zero-order valence-corrected chi connectivity index (χ0v) is 21.6. The summed E-state index contributed by atoms with van der Waals surface area (Å²) in [6.45, 7) is 1.49. The van der Waals surface area contributed by atoms with Crippen LogP contribution in [0.4, 0.5) is 35.2 Å². The molecule has 0 spiro atoms. The van der Waals surface area contributed by atoms with E-state index in [9.17, 15) is 22.8 Å². The van der Waals surface area contributed by atoms with Crippen molar-refractivity contribution in [3.63, 3.8) is 0 Å². The van der Waals surface area contributed by atoms with Crippen LogP contribution in [0.3, 0.4) is 0 Å². The number of ether oxygens (including phenoxy) is 1. The summed E-state index contributed by atoms with van der Waals surface area (Å²) in [5.74, 6) is -2.22. The summed E-state index contributed by atoms with van der Waals surface area (Å²) in [7, 11) is 0. The number of hydrogen-bond donors (Lipinski definition) is 3. The standard InChI is InChI=1S/C25H26N6O3.C2HF3O2/c26-21-5-1-2-6-22(21)29-24(32)18-7-10-23(28-13-18)30-14-20-9-8-19(30)15-31(20)25(33)34-16-17-4-3-11-27-12-17;3-2(4,5)1(6)7/h1-7,10-13,19-20H,8-9,14-16,26H2,(H,29,32);(H,6,7). The van der Waals surface area contributed by atoms with Gasteiger partial charge in [0.25, 0.3) is 5.91 Å². The van der Waals surface area contributed by atoms with Crippen LogP contribution >= 0.6 is 0 Å². The number of benzene rings is 1. The Morgan fingerprint density at radius 3 is 2.34 bits per heavy atom. The summed E-state index contributed by atoms with van der Waals surface area (Å²) in [5, 5.41) is 9.94. The average molecular weight is 573 g/mol. The number of pyridine rings is 2. The van der Waals surface area contributed by atoms with E-state index >= 15 is 0 Å². The molecule has 3 aliphatic rings. The zero-order valence-electron chi connectivity index (χ0n) is 21.6. The minimum Gasteiger partial charge on any atom is -0.475 e. The van der Waals surface area contributed by atoms with Crippen LogP contribution in [0.1, 0.15) is 28.8 Å². The van der Waals surface area contributed by atoms with Crippen LogP contribution in [0.25, 0.3) is 0 Å². The number of carbonyl (C=O) groups is 3. The first kappa shape index (κ1) is 29.1. The van der Waals surface area contributed by atoms with Gasteiger partial charge in [-0.3, -0.25) is 9.78 Å². The predicted octanol–water partition coefficient (Wildman–Crippen LogP) is 3.93. The highest BCUT2D eigenvalue weighted by molar-refractivity contribution is 6.05. The van der Waals surface area contributed by atoms with E-state index in [1.807, 2.05) is 35.2 Å². The molecule has 2 aromatic heterocycles. The summed E-state index contributed by atoms with van der Waals surface area (Å²) in [6.07, 6.45) is 1.50. The van der Waals surface area contributed by atoms with E-state index in [-0.39, 0.29) is 30.7 Å². The molecule has 5 heterocycles. The molecule has 3 saturated heterocycles. The molecular weight excluding hydrogens is 545 g/mol. The Bertz CT molecular complexity index is 1370. The largest absolute Gasteiger partial charge is 0.490 e. The zero-order chi connectivity index (χ0) is 29.6. The highest BCUT2D eigenvalue weighted by Crippen LogP contribution is 2.32. The molecule has 3 aliphatic heterocycles. The number of aromatic nitrogens is 2. The third-order valence-electron chi connectivity index (χ3n) is 6.60. The minimum atomic E-state index is -5.08. The number of piperazine rings is 1. The number of carboxylic acid groups (broad SMARTS) is 1. The average Bonchev–Trinajstić information content (AvgIpc) is 2.97. The molecule has 0 saturated carbocycles. The predicted molar refractivity (Wildman–Crippen MR) is 142 cm³/mol. The maximum absolute atomic E-state index is 12.7. The molecule has 0 aliphatic carbocycles. The maximum atomic E-state index is 12.7. The lowest BCUT2D eigenvalue weighted by Crippen LogP contribution is -2.64. The molecule has 1 aromatic carbocycles. The molecule has 4 N–H and O–H groups in total. The second-order valence-corrected chi connectivity index (χ2v) is 9.35. The van der Waals surface area contributed by atoms with Crippen molar-refractivity contribution >= 4 is 35.2 Å².